The Hall–Kier alpha value is -2.62. The Labute approximate surface area is 111 Å². The van der Waals surface area contributed by atoms with Crippen LogP contribution in [0.5, 0.6) is 0 Å². The van der Waals surface area contributed by atoms with Gasteiger partial charge in [-0.1, -0.05) is 30.3 Å². The highest BCUT2D eigenvalue weighted by molar-refractivity contribution is 6.09. The van der Waals surface area contributed by atoms with E-state index < -0.39 is 0 Å². The fourth-order valence-corrected chi connectivity index (χ4v) is 1.80. The first-order valence-electron chi connectivity index (χ1n) is 5.86. The molecular formula is C15H15N3O. The van der Waals surface area contributed by atoms with Gasteiger partial charge in [-0.25, -0.2) is 0 Å². The lowest BCUT2D eigenvalue weighted by Gasteiger charge is -1.96. The van der Waals surface area contributed by atoms with Crippen LogP contribution in [0.1, 0.15) is 21.6 Å². The molecule has 1 heterocycles. The van der Waals surface area contributed by atoms with Gasteiger partial charge in [0.2, 0.25) is 0 Å². The molecule has 0 saturated heterocycles. The predicted octanol–water partition coefficient (Wildman–Crippen LogP) is 2.21. The summed E-state index contributed by atoms with van der Waals surface area (Å²) in [6.07, 6.45) is 4.98. The summed E-state index contributed by atoms with van der Waals surface area (Å²) in [5.74, 6) is -0.0317. The summed E-state index contributed by atoms with van der Waals surface area (Å²) >= 11 is 0. The number of hydrogen-bond donors (Lipinski definition) is 2. The van der Waals surface area contributed by atoms with Crippen LogP contribution in [0.25, 0.3) is 6.08 Å². The molecular weight excluding hydrogens is 238 g/mol. The lowest BCUT2D eigenvalue weighted by molar-refractivity contribution is 0.103. The highest BCUT2D eigenvalue weighted by atomic mass is 16.1. The van der Waals surface area contributed by atoms with Gasteiger partial charge in [-0.3, -0.25) is 10.2 Å². The topological polar surface area (TPSA) is 71.9 Å². The quantitative estimate of drug-likeness (QED) is 0.498. The van der Waals surface area contributed by atoms with Crippen LogP contribution in [-0.4, -0.2) is 16.2 Å². The molecule has 0 saturated carbocycles. The van der Waals surface area contributed by atoms with Crippen molar-refractivity contribution in [2.24, 2.45) is 12.8 Å². The number of benzene rings is 1. The number of nitrogens with zero attached hydrogens (tertiary/aromatic N) is 1. The SMILES string of the molecule is Cn1cc(C(=O)c2ccccc2)cc1/C=C/C(=N)N. The fraction of sp³-hybridized carbons (Fsp3) is 0.0667. The second kappa shape index (κ2) is 5.35. The van der Waals surface area contributed by atoms with Gasteiger partial charge >= 0.3 is 0 Å². The maximum Gasteiger partial charge on any atom is 0.194 e. The van der Waals surface area contributed by atoms with E-state index in [4.69, 9.17) is 11.1 Å². The van der Waals surface area contributed by atoms with E-state index in [-0.39, 0.29) is 11.6 Å². The average molecular weight is 253 g/mol. The van der Waals surface area contributed by atoms with Gasteiger partial charge < -0.3 is 10.3 Å². The Morgan fingerprint density at radius 3 is 2.58 bits per heavy atom. The summed E-state index contributed by atoms with van der Waals surface area (Å²) < 4.78 is 1.83. The fourth-order valence-electron chi connectivity index (χ4n) is 1.80. The average Bonchev–Trinajstić information content (AvgIpc) is 2.78. The predicted molar refractivity (Wildman–Crippen MR) is 76.2 cm³/mol. The second-order valence-electron chi connectivity index (χ2n) is 4.25. The summed E-state index contributed by atoms with van der Waals surface area (Å²) in [5.41, 5.74) is 7.38. The number of hydrogen-bond acceptors (Lipinski definition) is 2. The monoisotopic (exact) mass is 253 g/mol. The van der Waals surface area contributed by atoms with Crippen molar-refractivity contribution >= 4 is 17.7 Å². The van der Waals surface area contributed by atoms with Crippen molar-refractivity contribution in [3.8, 4) is 0 Å². The van der Waals surface area contributed by atoms with Crippen molar-refractivity contribution in [1.29, 1.82) is 5.41 Å². The maximum atomic E-state index is 12.2. The zero-order chi connectivity index (χ0) is 13.8. The molecule has 0 atom stereocenters. The maximum absolute atomic E-state index is 12.2. The second-order valence-corrected chi connectivity index (χ2v) is 4.25. The molecule has 0 fully saturated rings. The zero-order valence-corrected chi connectivity index (χ0v) is 10.6. The van der Waals surface area contributed by atoms with Crippen molar-refractivity contribution in [3.63, 3.8) is 0 Å². The normalized spacial score (nSPS) is 10.8. The molecule has 0 radical (unpaired) electrons. The van der Waals surface area contributed by atoms with E-state index in [1.807, 2.05) is 29.8 Å². The van der Waals surface area contributed by atoms with E-state index in [0.29, 0.717) is 11.1 Å². The van der Waals surface area contributed by atoms with E-state index in [1.165, 1.54) is 6.08 Å². The van der Waals surface area contributed by atoms with E-state index in [0.717, 1.165) is 5.69 Å². The molecule has 96 valence electrons. The van der Waals surface area contributed by atoms with Gasteiger partial charge in [0.15, 0.2) is 5.78 Å². The Morgan fingerprint density at radius 1 is 1.26 bits per heavy atom. The van der Waals surface area contributed by atoms with Crippen LogP contribution in [0.3, 0.4) is 0 Å². The van der Waals surface area contributed by atoms with Gasteiger partial charge in [0.25, 0.3) is 0 Å². The Balaban J connectivity index is 2.30. The Bertz CT molecular complexity index is 639. The highest BCUT2D eigenvalue weighted by Crippen LogP contribution is 2.14. The molecule has 1 aromatic carbocycles. The molecule has 1 aromatic heterocycles. The number of carbonyl (C=O) groups excluding carboxylic acids is 1. The number of carbonyl (C=O) groups is 1. The molecule has 0 aliphatic heterocycles. The minimum atomic E-state index is -0.0165. The number of ketones is 1. The lowest BCUT2D eigenvalue weighted by Crippen LogP contribution is -2.04. The number of nitrogens with two attached hydrogens (primary N) is 1. The molecule has 2 aromatic rings. The van der Waals surface area contributed by atoms with Crippen LogP contribution >= 0.6 is 0 Å². The van der Waals surface area contributed by atoms with Crippen molar-refractivity contribution in [2.45, 2.75) is 0 Å². The number of aromatic nitrogens is 1. The zero-order valence-electron chi connectivity index (χ0n) is 10.6. The van der Waals surface area contributed by atoms with Crippen LogP contribution in [-0.2, 0) is 7.05 Å². The molecule has 3 N–H and O–H groups in total. The summed E-state index contributed by atoms with van der Waals surface area (Å²) in [6.45, 7) is 0. The minimum Gasteiger partial charge on any atom is -0.384 e. The number of rotatable bonds is 4. The molecule has 0 aliphatic rings. The molecule has 4 nitrogen and oxygen atoms in total. The van der Waals surface area contributed by atoms with E-state index in [2.05, 4.69) is 0 Å². The molecule has 0 unspecified atom stereocenters. The van der Waals surface area contributed by atoms with Gasteiger partial charge in [-0.15, -0.1) is 0 Å². The lowest BCUT2D eigenvalue weighted by atomic mass is 10.1. The largest absolute Gasteiger partial charge is 0.384 e. The van der Waals surface area contributed by atoms with E-state index in [9.17, 15) is 4.79 Å². The van der Waals surface area contributed by atoms with Gasteiger partial charge in [-0.05, 0) is 18.2 Å². The van der Waals surface area contributed by atoms with Gasteiger partial charge in [-0.2, -0.15) is 0 Å². The molecule has 4 heteroatoms. The van der Waals surface area contributed by atoms with Gasteiger partial charge in [0.05, 0.1) is 0 Å². The Kier molecular flexibility index (Phi) is 3.61. The van der Waals surface area contributed by atoms with Crippen LogP contribution < -0.4 is 5.73 Å². The van der Waals surface area contributed by atoms with Gasteiger partial charge in [0, 0.05) is 30.1 Å². The van der Waals surface area contributed by atoms with Crippen LogP contribution in [0.2, 0.25) is 0 Å². The van der Waals surface area contributed by atoms with Crippen LogP contribution in [0.15, 0.2) is 48.7 Å². The highest BCUT2D eigenvalue weighted by Gasteiger charge is 2.11. The minimum absolute atomic E-state index is 0.0151. The molecule has 0 bridgehead atoms. The van der Waals surface area contributed by atoms with Crippen LogP contribution in [0.4, 0.5) is 0 Å². The molecule has 0 spiro atoms. The summed E-state index contributed by atoms with van der Waals surface area (Å²) in [5, 5.41) is 7.15. The standard InChI is InChI=1S/C15H15N3O/c1-18-10-12(9-13(18)7-8-14(16)17)15(19)11-5-3-2-4-6-11/h2-10H,1H3,(H3,16,17)/b8-7+. The number of aryl methyl sites for hydroxylation is 1. The van der Waals surface area contributed by atoms with Crippen molar-refractivity contribution in [1.82, 2.24) is 4.57 Å². The Morgan fingerprint density at radius 2 is 1.95 bits per heavy atom. The molecule has 0 amide bonds. The van der Waals surface area contributed by atoms with Crippen molar-refractivity contribution in [2.75, 3.05) is 0 Å². The third kappa shape index (κ3) is 2.98. The first kappa shape index (κ1) is 12.8. The summed E-state index contributed by atoms with van der Waals surface area (Å²) in [7, 11) is 1.85. The van der Waals surface area contributed by atoms with E-state index >= 15 is 0 Å². The summed E-state index contributed by atoms with van der Waals surface area (Å²) in [6, 6.07) is 10.9. The summed E-state index contributed by atoms with van der Waals surface area (Å²) in [4.78, 5) is 12.2. The third-order valence-corrected chi connectivity index (χ3v) is 2.78. The van der Waals surface area contributed by atoms with Gasteiger partial charge in [0.1, 0.15) is 5.84 Å². The first-order chi connectivity index (χ1) is 9.08. The smallest absolute Gasteiger partial charge is 0.194 e. The van der Waals surface area contributed by atoms with Crippen molar-refractivity contribution in [3.05, 3.63) is 65.5 Å². The van der Waals surface area contributed by atoms with Crippen LogP contribution in [0, 0.1) is 5.41 Å². The first-order valence-corrected chi connectivity index (χ1v) is 5.86. The third-order valence-electron chi connectivity index (χ3n) is 2.78. The number of amidine groups is 1. The van der Waals surface area contributed by atoms with Crippen molar-refractivity contribution < 1.29 is 4.79 Å². The molecule has 2 rings (SSSR count). The molecule has 0 aliphatic carbocycles. The molecule has 19 heavy (non-hydrogen) atoms. The number of nitrogens with one attached hydrogen (secondary N) is 1. The van der Waals surface area contributed by atoms with E-state index in [1.54, 1.807) is 30.5 Å².